The van der Waals surface area contributed by atoms with Crippen molar-refractivity contribution in [2.75, 3.05) is 0 Å². The first-order chi connectivity index (χ1) is 14.6. The van der Waals surface area contributed by atoms with Crippen LogP contribution in [0, 0.1) is 23.2 Å². The molecule has 31 heavy (non-hydrogen) atoms. The molecule has 172 valence electrons. The third-order valence-corrected chi connectivity index (χ3v) is 8.89. The topological polar surface area (TPSA) is 66.8 Å². The van der Waals surface area contributed by atoms with Crippen molar-refractivity contribution in [3.8, 4) is 0 Å². The molecule has 0 aromatic heterocycles. The van der Waals surface area contributed by atoms with E-state index in [2.05, 4.69) is 32.6 Å². The van der Waals surface area contributed by atoms with Crippen LogP contribution < -0.4 is 0 Å². The molecule has 0 unspecified atom stereocenters. The second-order valence-electron chi connectivity index (χ2n) is 11.2. The lowest BCUT2D eigenvalue weighted by Crippen LogP contribution is -2.36. The number of ether oxygens (including phenoxy) is 1. The van der Waals surface area contributed by atoms with Crippen LogP contribution >= 0.6 is 0 Å². The molecule has 7 atom stereocenters. The number of hydrogen-bond donors (Lipinski definition) is 2. The van der Waals surface area contributed by atoms with Gasteiger partial charge in [-0.15, -0.1) is 0 Å². The summed E-state index contributed by atoms with van der Waals surface area (Å²) in [5.74, 6) is 1.23. The van der Waals surface area contributed by atoms with E-state index >= 15 is 0 Å². The standard InChI is InChI=1S/C27H40O4/c1-17-7-10-21(28)15-20(17)9-8-19-6-5-13-26(3)23(11-12-24(19)26)18(2)14-22-16-27(4,30)25(29)31-22/h8-9,18,21-24,28,30H,1,5-7,10-16H2,2-4H3/b19-8+,20-9+/t18-,21+,22+,23-,24+,26-,27+/m1/s1. The van der Waals surface area contributed by atoms with Crippen LogP contribution in [0.3, 0.4) is 0 Å². The molecule has 1 aliphatic heterocycles. The van der Waals surface area contributed by atoms with Crippen LogP contribution in [0.1, 0.15) is 85.0 Å². The molecular weight excluding hydrogens is 388 g/mol. The fourth-order valence-electron chi connectivity index (χ4n) is 7.17. The van der Waals surface area contributed by atoms with E-state index in [4.69, 9.17) is 4.74 Å². The Hall–Kier alpha value is -1.39. The van der Waals surface area contributed by atoms with Crippen molar-refractivity contribution in [3.63, 3.8) is 0 Å². The van der Waals surface area contributed by atoms with E-state index in [1.807, 2.05) is 0 Å². The number of esters is 1. The SMILES string of the molecule is C=C1CC[C@H](O)C/C1=C\C=C1/CCC[C@]2(C)[C@@H]([C@H](C)C[C@H]3C[C@](C)(O)C(=O)O3)CC[C@@H]12. The number of rotatable bonds is 4. The number of aliphatic hydroxyl groups is 2. The predicted octanol–water partition coefficient (Wildman–Crippen LogP) is 5.25. The number of fused-ring (bicyclic) bond motifs is 1. The highest BCUT2D eigenvalue weighted by molar-refractivity contribution is 5.80. The molecule has 0 bridgehead atoms. The lowest BCUT2D eigenvalue weighted by Gasteiger charge is -2.44. The first-order valence-corrected chi connectivity index (χ1v) is 12.3. The van der Waals surface area contributed by atoms with Crippen molar-refractivity contribution < 1.29 is 19.7 Å². The summed E-state index contributed by atoms with van der Waals surface area (Å²) in [6.45, 7) is 10.6. The summed E-state index contributed by atoms with van der Waals surface area (Å²) in [7, 11) is 0. The van der Waals surface area contributed by atoms with Crippen LogP contribution in [0.25, 0.3) is 0 Å². The third kappa shape index (κ3) is 4.43. The van der Waals surface area contributed by atoms with Gasteiger partial charge in [0.05, 0.1) is 6.10 Å². The van der Waals surface area contributed by atoms with Crippen LogP contribution in [0.15, 0.2) is 35.5 Å². The quantitative estimate of drug-likeness (QED) is 0.600. The van der Waals surface area contributed by atoms with E-state index in [1.165, 1.54) is 43.3 Å². The van der Waals surface area contributed by atoms with Gasteiger partial charge in [0.25, 0.3) is 0 Å². The molecule has 3 saturated carbocycles. The molecule has 0 radical (unpaired) electrons. The molecule has 4 aliphatic rings. The smallest absolute Gasteiger partial charge is 0.338 e. The first-order valence-electron chi connectivity index (χ1n) is 12.3. The van der Waals surface area contributed by atoms with Crippen molar-refractivity contribution in [1.29, 1.82) is 0 Å². The van der Waals surface area contributed by atoms with Crippen molar-refractivity contribution in [2.45, 2.75) is 103 Å². The first kappa shape index (κ1) is 22.8. The Morgan fingerprint density at radius 3 is 2.71 bits per heavy atom. The summed E-state index contributed by atoms with van der Waals surface area (Å²) in [6, 6.07) is 0. The average molecular weight is 429 g/mol. The fraction of sp³-hybridized carbons (Fsp3) is 0.741. The Bertz CT molecular complexity index is 791. The van der Waals surface area contributed by atoms with Crippen molar-refractivity contribution >= 4 is 5.97 Å². The Morgan fingerprint density at radius 2 is 2.00 bits per heavy atom. The van der Waals surface area contributed by atoms with E-state index < -0.39 is 11.6 Å². The molecule has 0 amide bonds. The van der Waals surface area contributed by atoms with E-state index in [-0.39, 0.29) is 17.6 Å². The normalized spacial score (nSPS) is 44.5. The minimum absolute atomic E-state index is 0.160. The number of carbonyl (C=O) groups excluding carboxylic acids is 1. The highest BCUT2D eigenvalue weighted by Crippen LogP contribution is 2.60. The van der Waals surface area contributed by atoms with Gasteiger partial charge in [-0.1, -0.05) is 43.7 Å². The van der Waals surface area contributed by atoms with Gasteiger partial charge >= 0.3 is 5.97 Å². The number of allylic oxidation sites excluding steroid dienone is 4. The Labute approximate surface area is 187 Å². The molecule has 1 heterocycles. The van der Waals surface area contributed by atoms with Crippen molar-refractivity contribution in [1.82, 2.24) is 0 Å². The Morgan fingerprint density at radius 1 is 1.23 bits per heavy atom. The zero-order chi connectivity index (χ0) is 22.4. The van der Waals surface area contributed by atoms with Gasteiger partial charge in [-0.2, -0.15) is 0 Å². The molecule has 0 aromatic rings. The number of cyclic esters (lactones) is 1. The van der Waals surface area contributed by atoms with Gasteiger partial charge in [-0.3, -0.25) is 0 Å². The number of carbonyl (C=O) groups is 1. The van der Waals surface area contributed by atoms with Gasteiger partial charge in [-0.25, -0.2) is 4.79 Å². The summed E-state index contributed by atoms with van der Waals surface area (Å²) in [5.41, 5.74) is 2.93. The van der Waals surface area contributed by atoms with E-state index in [0.717, 1.165) is 25.7 Å². The third-order valence-electron chi connectivity index (χ3n) is 8.89. The Kier molecular flexibility index (Phi) is 6.26. The Balaban J connectivity index is 1.46. The monoisotopic (exact) mass is 428 g/mol. The van der Waals surface area contributed by atoms with Crippen molar-refractivity contribution in [3.05, 3.63) is 35.5 Å². The van der Waals surface area contributed by atoms with Gasteiger partial charge < -0.3 is 14.9 Å². The molecule has 1 saturated heterocycles. The van der Waals surface area contributed by atoms with Gasteiger partial charge in [0.2, 0.25) is 0 Å². The summed E-state index contributed by atoms with van der Waals surface area (Å²) in [6.07, 6.45) is 14.0. The van der Waals surface area contributed by atoms with Gasteiger partial charge in [0.15, 0.2) is 5.60 Å². The summed E-state index contributed by atoms with van der Waals surface area (Å²) in [5, 5.41) is 20.2. The molecule has 4 nitrogen and oxygen atoms in total. The van der Waals surface area contributed by atoms with Crippen molar-refractivity contribution in [2.24, 2.45) is 23.2 Å². The number of aliphatic hydroxyl groups excluding tert-OH is 1. The minimum Gasteiger partial charge on any atom is -0.460 e. The zero-order valence-electron chi connectivity index (χ0n) is 19.5. The van der Waals surface area contributed by atoms with E-state index in [0.29, 0.717) is 24.2 Å². The lowest BCUT2D eigenvalue weighted by atomic mass is 9.60. The van der Waals surface area contributed by atoms with Crippen LogP contribution in [0.4, 0.5) is 0 Å². The summed E-state index contributed by atoms with van der Waals surface area (Å²) < 4.78 is 5.48. The molecular formula is C27H40O4. The number of hydrogen-bond acceptors (Lipinski definition) is 4. The maximum Gasteiger partial charge on any atom is 0.338 e. The van der Waals surface area contributed by atoms with Crippen LogP contribution in [0.2, 0.25) is 0 Å². The molecule has 4 rings (SSSR count). The van der Waals surface area contributed by atoms with Gasteiger partial charge in [0.1, 0.15) is 6.10 Å². The fourth-order valence-corrected chi connectivity index (χ4v) is 7.17. The van der Waals surface area contributed by atoms with E-state index in [9.17, 15) is 15.0 Å². The minimum atomic E-state index is -1.32. The van der Waals surface area contributed by atoms with Crippen LogP contribution in [-0.2, 0) is 9.53 Å². The lowest BCUT2D eigenvalue weighted by molar-refractivity contribution is -0.154. The maximum absolute atomic E-state index is 11.9. The molecule has 0 aromatic carbocycles. The average Bonchev–Trinajstić information content (AvgIpc) is 3.17. The summed E-state index contributed by atoms with van der Waals surface area (Å²) in [4.78, 5) is 11.9. The maximum atomic E-state index is 11.9. The largest absolute Gasteiger partial charge is 0.460 e. The second kappa shape index (κ2) is 8.51. The molecule has 2 N–H and O–H groups in total. The van der Waals surface area contributed by atoms with Gasteiger partial charge in [-0.05, 0) is 93.5 Å². The summed E-state index contributed by atoms with van der Waals surface area (Å²) >= 11 is 0. The van der Waals surface area contributed by atoms with Crippen LogP contribution in [-0.4, -0.2) is 34.0 Å². The highest BCUT2D eigenvalue weighted by Gasteiger charge is 2.52. The zero-order valence-corrected chi connectivity index (χ0v) is 19.5. The second-order valence-corrected chi connectivity index (χ2v) is 11.2. The predicted molar refractivity (Wildman–Crippen MR) is 122 cm³/mol. The molecule has 4 heteroatoms. The highest BCUT2D eigenvalue weighted by atomic mass is 16.6. The van der Waals surface area contributed by atoms with Crippen LogP contribution in [0.5, 0.6) is 0 Å². The molecule has 3 aliphatic carbocycles. The molecule has 4 fully saturated rings. The molecule has 0 spiro atoms. The van der Waals surface area contributed by atoms with Gasteiger partial charge in [0, 0.05) is 6.42 Å². The van der Waals surface area contributed by atoms with E-state index in [1.54, 1.807) is 12.5 Å².